The van der Waals surface area contributed by atoms with E-state index in [-0.39, 0.29) is 12.5 Å². The maximum absolute atomic E-state index is 11.8. The Kier molecular flexibility index (Phi) is 4.21. The first-order chi connectivity index (χ1) is 9.11. The molecule has 0 saturated heterocycles. The summed E-state index contributed by atoms with van der Waals surface area (Å²) in [6.07, 6.45) is 3.26. The van der Waals surface area contributed by atoms with Crippen molar-refractivity contribution in [1.29, 1.82) is 0 Å². The van der Waals surface area contributed by atoms with Crippen LogP contribution in [0.2, 0.25) is 5.02 Å². The van der Waals surface area contributed by atoms with Crippen LogP contribution in [-0.2, 0) is 24.4 Å². The standard InChI is InChI=1S/C12H16ClN5O/c1-3-17-11(10(13)6-16-17)7-14-12(19)8-18-9(2)4-5-15-18/h4-6H,3,7-8H2,1-2H3,(H,14,19). The van der Waals surface area contributed by atoms with Gasteiger partial charge in [0.15, 0.2) is 0 Å². The third kappa shape index (κ3) is 3.14. The van der Waals surface area contributed by atoms with Crippen molar-refractivity contribution in [3.05, 3.63) is 34.9 Å². The molecule has 0 saturated carbocycles. The lowest BCUT2D eigenvalue weighted by molar-refractivity contribution is -0.122. The van der Waals surface area contributed by atoms with E-state index in [1.165, 1.54) is 0 Å². The molecule has 1 N–H and O–H groups in total. The highest BCUT2D eigenvalue weighted by molar-refractivity contribution is 6.31. The predicted molar refractivity (Wildman–Crippen MR) is 71.7 cm³/mol. The van der Waals surface area contributed by atoms with Gasteiger partial charge in [-0.05, 0) is 19.9 Å². The minimum Gasteiger partial charge on any atom is -0.349 e. The normalized spacial score (nSPS) is 10.7. The summed E-state index contributed by atoms with van der Waals surface area (Å²) in [5.41, 5.74) is 1.77. The predicted octanol–water partition coefficient (Wildman–Crippen LogP) is 1.38. The average Bonchev–Trinajstić information content (AvgIpc) is 2.94. The van der Waals surface area contributed by atoms with E-state index in [0.29, 0.717) is 11.6 Å². The van der Waals surface area contributed by atoms with Crippen LogP contribution in [0.4, 0.5) is 0 Å². The van der Waals surface area contributed by atoms with Crippen molar-refractivity contribution < 1.29 is 4.79 Å². The molecule has 2 aromatic rings. The number of halogens is 1. The zero-order chi connectivity index (χ0) is 13.8. The van der Waals surface area contributed by atoms with Crippen LogP contribution in [0, 0.1) is 6.92 Å². The lowest BCUT2D eigenvalue weighted by atomic mass is 10.4. The summed E-state index contributed by atoms with van der Waals surface area (Å²) in [6, 6.07) is 1.86. The largest absolute Gasteiger partial charge is 0.349 e. The van der Waals surface area contributed by atoms with E-state index in [0.717, 1.165) is 17.9 Å². The van der Waals surface area contributed by atoms with Gasteiger partial charge in [0, 0.05) is 18.4 Å². The topological polar surface area (TPSA) is 64.7 Å². The lowest BCUT2D eigenvalue weighted by Gasteiger charge is -2.08. The third-order valence-electron chi connectivity index (χ3n) is 2.87. The van der Waals surface area contributed by atoms with Crippen molar-refractivity contribution in [2.45, 2.75) is 33.5 Å². The summed E-state index contributed by atoms with van der Waals surface area (Å²) in [6.45, 7) is 5.17. The Balaban J connectivity index is 1.93. The first kappa shape index (κ1) is 13.6. The summed E-state index contributed by atoms with van der Waals surface area (Å²) >= 11 is 6.02. The van der Waals surface area contributed by atoms with E-state index in [9.17, 15) is 4.79 Å². The summed E-state index contributed by atoms with van der Waals surface area (Å²) in [5.74, 6) is -0.105. The van der Waals surface area contributed by atoms with Crippen molar-refractivity contribution in [3.8, 4) is 0 Å². The number of aromatic nitrogens is 4. The molecule has 2 heterocycles. The molecular weight excluding hydrogens is 266 g/mol. The molecule has 0 radical (unpaired) electrons. The molecule has 0 aliphatic carbocycles. The zero-order valence-corrected chi connectivity index (χ0v) is 11.7. The van der Waals surface area contributed by atoms with Crippen LogP contribution < -0.4 is 5.32 Å². The number of carbonyl (C=O) groups excluding carboxylic acids is 1. The number of amides is 1. The van der Waals surface area contributed by atoms with Gasteiger partial charge < -0.3 is 5.32 Å². The molecule has 102 valence electrons. The maximum atomic E-state index is 11.8. The monoisotopic (exact) mass is 281 g/mol. The van der Waals surface area contributed by atoms with Crippen LogP contribution in [0.15, 0.2) is 18.5 Å². The smallest absolute Gasteiger partial charge is 0.242 e. The van der Waals surface area contributed by atoms with Crippen molar-refractivity contribution in [3.63, 3.8) is 0 Å². The van der Waals surface area contributed by atoms with Gasteiger partial charge in [-0.1, -0.05) is 11.6 Å². The van der Waals surface area contributed by atoms with Crippen molar-refractivity contribution in [1.82, 2.24) is 24.9 Å². The Morgan fingerprint density at radius 3 is 2.84 bits per heavy atom. The molecule has 0 unspecified atom stereocenters. The van der Waals surface area contributed by atoms with Gasteiger partial charge in [-0.2, -0.15) is 10.2 Å². The van der Waals surface area contributed by atoms with Gasteiger partial charge in [-0.15, -0.1) is 0 Å². The van der Waals surface area contributed by atoms with Crippen molar-refractivity contribution >= 4 is 17.5 Å². The first-order valence-electron chi connectivity index (χ1n) is 6.07. The maximum Gasteiger partial charge on any atom is 0.242 e. The molecule has 1 amide bonds. The molecular formula is C12H16ClN5O. The average molecular weight is 282 g/mol. The SMILES string of the molecule is CCn1ncc(Cl)c1CNC(=O)Cn1nccc1C. The van der Waals surface area contributed by atoms with Gasteiger partial charge in [-0.25, -0.2) is 0 Å². The van der Waals surface area contributed by atoms with Crippen LogP contribution in [0.5, 0.6) is 0 Å². The van der Waals surface area contributed by atoms with E-state index in [1.807, 2.05) is 19.9 Å². The number of hydrogen-bond acceptors (Lipinski definition) is 3. The molecule has 0 bridgehead atoms. The Morgan fingerprint density at radius 1 is 1.42 bits per heavy atom. The number of carbonyl (C=O) groups is 1. The molecule has 19 heavy (non-hydrogen) atoms. The van der Waals surface area contributed by atoms with Gasteiger partial charge in [0.2, 0.25) is 5.91 Å². The van der Waals surface area contributed by atoms with E-state index < -0.39 is 0 Å². The molecule has 0 aliphatic heterocycles. The summed E-state index contributed by atoms with van der Waals surface area (Å²) in [5, 5.41) is 11.6. The summed E-state index contributed by atoms with van der Waals surface area (Å²) < 4.78 is 3.41. The van der Waals surface area contributed by atoms with E-state index in [4.69, 9.17) is 11.6 Å². The van der Waals surface area contributed by atoms with Crippen LogP contribution >= 0.6 is 11.6 Å². The van der Waals surface area contributed by atoms with Crippen LogP contribution in [0.3, 0.4) is 0 Å². The summed E-state index contributed by atoms with van der Waals surface area (Å²) in [7, 11) is 0. The Labute approximate surface area is 116 Å². The Morgan fingerprint density at radius 2 is 2.21 bits per heavy atom. The van der Waals surface area contributed by atoms with Gasteiger partial charge >= 0.3 is 0 Å². The molecule has 0 aliphatic rings. The Bertz CT molecular complexity index is 574. The minimum absolute atomic E-state index is 0.105. The first-order valence-corrected chi connectivity index (χ1v) is 6.45. The lowest BCUT2D eigenvalue weighted by Crippen LogP contribution is -2.29. The second-order valence-corrected chi connectivity index (χ2v) is 4.57. The fourth-order valence-electron chi connectivity index (χ4n) is 1.77. The van der Waals surface area contributed by atoms with Gasteiger partial charge in [0.25, 0.3) is 0 Å². The fraction of sp³-hybridized carbons (Fsp3) is 0.417. The molecule has 0 fully saturated rings. The number of hydrogen-bond donors (Lipinski definition) is 1. The number of rotatable bonds is 5. The highest BCUT2D eigenvalue weighted by atomic mass is 35.5. The zero-order valence-electron chi connectivity index (χ0n) is 10.9. The van der Waals surface area contributed by atoms with E-state index in [2.05, 4.69) is 15.5 Å². The fourth-order valence-corrected chi connectivity index (χ4v) is 1.98. The second-order valence-electron chi connectivity index (χ2n) is 4.16. The highest BCUT2D eigenvalue weighted by Crippen LogP contribution is 2.14. The van der Waals surface area contributed by atoms with Crippen LogP contribution in [0.25, 0.3) is 0 Å². The highest BCUT2D eigenvalue weighted by Gasteiger charge is 2.10. The van der Waals surface area contributed by atoms with Crippen LogP contribution in [0.1, 0.15) is 18.3 Å². The molecule has 7 heteroatoms. The van der Waals surface area contributed by atoms with E-state index in [1.54, 1.807) is 21.8 Å². The molecule has 0 spiro atoms. The molecule has 6 nitrogen and oxygen atoms in total. The number of nitrogens with one attached hydrogen (secondary N) is 1. The molecule has 0 aromatic carbocycles. The number of aryl methyl sites for hydroxylation is 2. The summed E-state index contributed by atoms with van der Waals surface area (Å²) in [4.78, 5) is 11.8. The quantitative estimate of drug-likeness (QED) is 0.900. The third-order valence-corrected chi connectivity index (χ3v) is 3.19. The molecule has 0 atom stereocenters. The van der Waals surface area contributed by atoms with Crippen molar-refractivity contribution in [2.75, 3.05) is 0 Å². The second kappa shape index (κ2) is 5.88. The van der Waals surface area contributed by atoms with Gasteiger partial charge in [-0.3, -0.25) is 14.2 Å². The number of nitrogens with zero attached hydrogens (tertiary/aromatic N) is 4. The molecule has 2 rings (SSSR count). The van der Waals surface area contributed by atoms with Gasteiger partial charge in [0.1, 0.15) is 6.54 Å². The Hall–Kier alpha value is -1.82. The van der Waals surface area contributed by atoms with E-state index >= 15 is 0 Å². The van der Waals surface area contributed by atoms with Crippen molar-refractivity contribution in [2.24, 2.45) is 0 Å². The molecule has 2 aromatic heterocycles. The minimum atomic E-state index is -0.105. The van der Waals surface area contributed by atoms with Crippen LogP contribution in [-0.4, -0.2) is 25.5 Å². The van der Waals surface area contributed by atoms with Gasteiger partial charge in [0.05, 0.1) is 23.5 Å².